The molecule has 3 unspecified atom stereocenters. The predicted octanol–water partition coefficient (Wildman–Crippen LogP) is 4.92. The van der Waals surface area contributed by atoms with Gasteiger partial charge in [0, 0.05) is 32.8 Å². The van der Waals surface area contributed by atoms with Gasteiger partial charge in [0.15, 0.2) is 17.3 Å². The number of methoxy groups -OCH3 is 1. The Kier molecular flexibility index (Phi) is 7.71. The minimum atomic E-state index is -1.10. The Hall–Kier alpha value is -3.97. The summed E-state index contributed by atoms with van der Waals surface area (Å²) < 4.78 is 47.2. The number of carbonyl (C=O) groups excluding carboxylic acids is 1. The molecule has 11 nitrogen and oxygen atoms in total. The fraction of sp³-hybridized carbons (Fsp3) is 0.441. The number of hydrogen-bond donors (Lipinski definition) is 0. The maximum atomic E-state index is 15.4. The topological polar surface area (TPSA) is 100 Å². The van der Waals surface area contributed by atoms with Crippen LogP contribution in [-0.4, -0.2) is 83.6 Å². The summed E-state index contributed by atoms with van der Waals surface area (Å²) in [5, 5.41) is 0.539. The van der Waals surface area contributed by atoms with Crippen LogP contribution in [0.4, 0.5) is 10.1 Å². The van der Waals surface area contributed by atoms with Gasteiger partial charge in [0.1, 0.15) is 17.0 Å². The normalized spacial score (nSPS) is 25.4. The number of esters is 1. The van der Waals surface area contributed by atoms with Gasteiger partial charge in [-0.2, -0.15) is 0 Å². The Morgan fingerprint density at radius 1 is 1.15 bits per heavy atom. The van der Waals surface area contributed by atoms with Crippen LogP contribution in [0, 0.1) is 5.82 Å². The number of halogens is 2. The molecule has 13 heteroatoms. The van der Waals surface area contributed by atoms with E-state index < -0.39 is 17.6 Å². The van der Waals surface area contributed by atoms with Gasteiger partial charge in [-0.1, -0.05) is 17.7 Å². The summed E-state index contributed by atoms with van der Waals surface area (Å²) in [6, 6.07) is 12.5. The molecule has 0 saturated carbocycles. The average molecular weight is 664 g/mol. The van der Waals surface area contributed by atoms with Crippen molar-refractivity contribution >= 4 is 34.3 Å². The quantitative estimate of drug-likeness (QED) is 0.253. The van der Waals surface area contributed by atoms with Gasteiger partial charge in [0.05, 0.1) is 73.4 Å². The molecular weight excluding hydrogens is 629 g/mol. The number of anilines is 1. The van der Waals surface area contributed by atoms with Gasteiger partial charge >= 0.3 is 5.97 Å². The number of piperazine rings is 1. The van der Waals surface area contributed by atoms with E-state index in [2.05, 4.69) is 20.9 Å². The summed E-state index contributed by atoms with van der Waals surface area (Å²) in [5.74, 6) is -0.202. The monoisotopic (exact) mass is 663 g/mol. The standard InChI is InChI=1S/C34H35ClFN5O6/c1-34(29-9-8-21(35)15-37-29)46-28-7-3-6-24(32(28)47-34)40-11-10-39(26-18-44-19-27(26)40)17-30-38-31-23(36)13-20(33(42)43-2)14-25(31)41(30)16-22-5-4-12-45-22/h3,6-9,13-15,22,26-27H,4-5,10-12,16-19H2,1-2H3/t22-,26?,27?,34?/m0/s1. The first kappa shape index (κ1) is 30.4. The molecule has 8 rings (SSSR count). The molecule has 0 N–H and O–H groups in total. The predicted molar refractivity (Wildman–Crippen MR) is 170 cm³/mol. The van der Waals surface area contributed by atoms with Crippen LogP contribution in [0.15, 0.2) is 48.7 Å². The number of fused-ring (bicyclic) bond motifs is 3. The van der Waals surface area contributed by atoms with Crippen molar-refractivity contribution in [3.63, 3.8) is 0 Å². The number of aromatic nitrogens is 3. The van der Waals surface area contributed by atoms with Crippen LogP contribution in [-0.2, 0) is 33.1 Å². The molecule has 4 atom stereocenters. The minimum Gasteiger partial charge on any atom is -0.465 e. The number of benzene rings is 2. The molecule has 4 aliphatic rings. The first-order chi connectivity index (χ1) is 22.8. The molecule has 0 radical (unpaired) electrons. The van der Waals surface area contributed by atoms with Crippen LogP contribution in [0.1, 0.15) is 41.6 Å². The Morgan fingerprint density at radius 2 is 2.02 bits per heavy atom. The van der Waals surface area contributed by atoms with Crippen LogP contribution in [0.25, 0.3) is 11.0 Å². The van der Waals surface area contributed by atoms with Crippen molar-refractivity contribution < 1.29 is 32.9 Å². The van der Waals surface area contributed by atoms with Gasteiger partial charge < -0.3 is 33.2 Å². The minimum absolute atomic E-state index is 0.00782. The molecule has 246 valence electrons. The Labute approximate surface area is 276 Å². The molecule has 0 amide bonds. The zero-order chi connectivity index (χ0) is 32.3. The second-order valence-electron chi connectivity index (χ2n) is 12.5. The van der Waals surface area contributed by atoms with E-state index in [-0.39, 0.29) is 29.3 Å². The Morgan fingerprint density at radius 3 is 2.81 bits per heavy atom. The molecule has 47 heavy (non-hydrogen) atoms. The molecule has 3 fully saturated rings. The fourth-order valence-corrected chi connectivity index (χ4v) is 7.40. The highest BCUT2D eigenvalue weighted by molar-refractivity contribution is 6.30. The molecule has 4 aliphatic heterocycles. The summed E-state index contributed by atoms with van der Waals surface area (Å²) in [5.41, 5.74) is 2.50. The third kappa shape index (κ3) is 5.37. The maximum Gasteiger partial charge on any atom is 0.338 e. The molecule has 2 aromatic heterocycles. The lowest BCUT2D eigenvalue weighted by Crippen LogP contribution is -2.59. The molecular formula is C34H35ClFN5O6. The van der Waals surface area contributed by atoms with E-state index >= 15 is 4.39 Å². The molecule has 0 spiro atoms. The average Bonchev–Trinajstić information content (AvgIpc) is 3.88. The highest BCUT2D eigenvalue weighted by atomic mass is 35.5. The van der Waals surface area contributed by atoms with Gasteiger partial charge in [-0.05, 0) is 49.2 Å². The number of rotatable bonds is 7. The zero-order valence-corrected chi connectivity index (χ0v) is 26.9. The third-order valence-corrected chi connectivity index (χ3v) is 9.87. The third-order valence-electron chi connectivity index (χ3n) is 9.64. The van der Waals surface area contributed by atoms with Crippen LogP contribution < -0.4 is 14.4 Å². The number of pyridine rings is 1. The molecule has 4 aromatic rings. The van der Waals surface area contributed by atoms with E-state index in [1.165, 1.54) is 13.2 Å². The molecule has 3 saturated heterocycles. The summed E-state index contributed by atoms with van der Waals surface area (Å²) in [6.07, 6.45) is 3.46. The number of imidazole rings is 1. The highest BCUT2D eigenvalue weighted by Gasteiger charge is 2.46. The van der Waals surface area contributed by atoms with Crippen LogP contribution in [0.5, 0.6) is 11.5 Å². The molecule has 6 heterocycles. The van der Waals surface area contributed by atoms with E-state index in [4.69, 9.17) is 40.3 Å². The van der Waals surface area contributed by atoms with Crippen molar-refractivity contribution in [1.82, 2.24) is 19.4 Å². The van der Waals surface area contributed by atoms with E-state index in [9.17, 15) is 4.79 Å². The van der Waals surface area contributed by atoms with Crippen LogP contribution in [0.2, 0.25) is 5.02 Å². The van der Waals surface area contributed by atoms with Gasteiger partial charge in [0.2, 0.25) is 0 Å². The van der Waals surface area contributed by atoms with Crippen LogP contribution >= 0.6 is 11.6 Å². The van der Waals surface area contributed by atoms with Crippen molar-refractivity contribution in [2.45, 2.75) is 56.8 Å². The zero-order valence-electron chi connectivity index (χ0n) is 26.2. The van der Waals surface area contributed by atoms with E-state index in [0.717, 1.165) is 24.4 Å². The number of carbonyl (C=O) groups is 1. The van der Waals surface area contributed by atoms with E-state index in [1.807, 2.05) is 29.7 Å². The number of ether oxygens (including phenoxy) is 5. The molecule has 0 bridgehead atoms. The summed E-state index contributed by atoms with van der Waals surface area (Å²) >= 11 is 6.08. The SMILES string of the molecule is COC(=O)c1cc(F)c2nc(CN3CCN(c4cccc5c4OC(C)(c4ccc(Cl)cn4)O5)C4COCC43)n(C[C@@H]3CCCO3)c2c1. The van der Waals surface area contributed by atoms with Gasteiger partial charge in [-0.25, -0.2) is 14.2 Å². The summed E-state index contributed by atoms with van der Waals surface area (Å²) in [6.45, 7) is 6.07. The van der Waals surface area contributed by atoms with Gasteiger partial charge in [-0.3, -0.25) is 9.88 Å². The second-order valence-corrected chi connectivity index (χ2v) is 13.0. The van der Waals surface area contributed by atoms with Gasteiger partial charge in [-0.15, -0.1) is 0 Å². The number of hydrogen-bond acceptors (Lipinski definition) is 10. The van der Waals surface area contributed by atoms with E-state index in [1.54, 1.807) is 18.3 Å². The highest BCUT2D eigenvalue weighted by Crippen LogP contribution is 2.50. The fourth-order valence-electron chi connectivity index (χ4n) is 7.29. The van der Waals surface area contributed by atoms with Crippen molar-refractivity contribution in [2.75, 3.05) is 44.9 Å². The lowest BCUT2D eigenvalue weighted by molar-refractivity contribution is -0.0716. The Bertz CT molecular complexity index is 1830. The molecule has 0 aliphatic carbocycles. The largest absolute Gasteiger partial charge is 0.465 e. The summed E-state index contributed by atoms with van der Waals surface area (Å²) in [7, 11) is 1.29. The van der Waals surface area contributed by atoms with Gasteiger partial charge in [0.25, 0.3) is 5.79 Å². The molecule has 2 aromatic carbocycles. The lowest BCUT2D eigenvalue weighted by atomic mass is 10.0. The second kappa shape index (κ2) is 11.9. The maximum absolute atomic E-state index is 15.4. The van der Waals surface area contributed by atoms with Crippen molar-refractivity contribution in [3.8, 4) is 11.5 Å². The van der Waals surface area contributed by atoms with Crippen molar-refractivity contribution in [2.24, 2.45) is 0 Å². The number of para-hydroxylation sites is 1. The lowest BCUT2D eigenvalue weighted by Gasteiger charge is -2.44. The number of nitrogens with zero attached hydrogens (tertiary/aromatic N) is 5. The summed E-state index contributed by atoms with van der Waals surface area (Å²) in [4.78, 5) is 26.3. The smallest absolute Gasteiger partial charge is 0.338 e. The first-order valence-corrected chi connectivity index (χ1v) is 16.3. The van der Waals surface area contributed by atoms with Crippen molar-refractivity contribution in [1.29, 1.82) is 0 Å². The van der Waals surface area contributed by atoms with Crippen LogP contribution in [0.3, 0.4) is 0 Å². The Balaban J connectivity index is 1.08. The van der Waals surface area contributed by atoms with E-state index in [0.29, 0.717) is 73.7 Å². The van der Waals surface area contributed by atoms with Crippen molar-refractivity contribution in [3.05, 3.63) is 76.6 Å². The first-order valence-electron chi connectivity index (χ1n) is 15.9.